The molecule has 0 amide bonds. The maximum absolute atomic E-state index is 13.1. The molecule has 5 nitrogen and oxygen atoms in total. The minimum Gasteiger partial charge on any atom is -0.490 e. The summed E-state index contributed by atoms with van der Waals surface area (Å²) in [6.07, 6.45) is 1.41. The number of hydrogen-bond acceptors (Lipinski definition) is 5. The highest BCUT2D eigenvalue weighted by Gasteiger charge is 2.13. The summed E-state index contributed by atoms with van der Waals surface area (Å²) >= 11 is 0. The molecular formula is C21H19F2NO4. The number of nitrogens with zero attached hydrogens (tertiary/aromatic N) is 1. The third-order valence-electron chi connectivity index (χ3n) is 3.84. The SMILES string of the molecule is CC(COc1cccc(F)c1)OC(=O)CCc1ncc(-c2ccc(F)cc2)o1. The lowest BCUT2D eigenvalue weighted by molar-refractivity contribution is -0.149. The zero-order valence-electron chi connectivity index (χ0n) is 15.2. The second kappa shape index (κ2) is 9.12. The summed E-state index contributed by atoms with van der Waals surface area (Å²) in [7, 11) is 0. The van der Waals surface area contributed by atoms with E-state index in [1.807, 2.05) is 0 Å². The number of oxazole rings is 1. The van der Waals surface area contributed by atoms with Crippen LogP contribution in [0.2, 0.25) is 0 Å². The first kappa shape index (κ1) is 19.5. The van der Waals surface area contributed by atoms with Crippen LogP contribution in [-0.4, -0.2) is 23.7 Å². The second-order valence-electron chi connectivity index (χ2n) is 6.19. The van der Waals surface area contributed by atoms with E-state index in [1.54, 1.807) is 25.1 Å². The zero-order chi connectivity index (χ0) is 19.9. The van der Waals surface area contributed by atoms with Gasteiger partial charge in [-0.2, -0.15) is 0 Å². The van der Waals surface area contributed by atoms with Gasteiger partial charge >= 0.3 is 5.97 Å². The van der Waals surface area contributed by atoms with Gasteiger partial charge in [0.15, 0.2) is 11.7 Å². The number of carbonyl (C=O) groups excluding carboxylic acids is 1. The van der Waals surface area contributed by atoms with Gasteiger partial charge in [0, 0.05) is 18.1 Å². The van der Waals surface area contributed by atoms with Crippen molar-refractivity contribution in [2.75, 3.05) is 6.61 Å². The van der Waals surface area contributed by atoms with E-state index >= 15 is 0 Å². The molecule has 7 heteroatoms. The van der Waals surface area contributed by atoms with Crippen molar-refractivity contribution in [3.63, 3.8) is 0 Å². The van der Waals surface area contributed by atoms with Gasteiger partial charge in [0.05, 0.1) is 12.6 Å². The van der Waals surface area contributed by atoms with Crippen LogP contribution in [0.25, 0.3) is 11.3 Å². The highest BCUT2D eigenvalue weighted by molar-refractivity contribution is 5.69. The Morgan fingerprint density at radius 3 is 2.68 bits per heavy atom. The smallest absolute Gasteiger partial charge is 0.306 e. The van der Waals surface area contributed by atoms with Crippen LogP contribution in [0.1, 0.15) is 19.2 Å². The Morgan fingerprint density at radius 2 is 1.93 bits per heavy atom. The number of hydrogen-bond donors (Lipinski definition) is 0. The molecule has 146 valence electrons. The zero-order valence-corrected chi connectivity index (χ0v) is 15.2. The van der Waals surface area contributed by atoms with Crippen molar-refractivity contribution in [2.24, 2.45) is 0 Å². The van der Waals surface area contributed by atoms with Gasteiger partial charge in [0.25, 0.3) is 0 Å². The average molecular weight is 387 g/mol. The van der Waals surface area contributed by atoms with E-state index in [1.165, 1.54) is 36.5 Å². The molecule has 1 aromatic heterocycles. The first-order valence-corrected chi connectivity index (χ1v) is 8.78. The summed E-state index contributed by atoms with van der Waals surface area (Å²) < 4.78 is 42.3. The normalized spacial score (nSPS) is 11.8. The number of rotatable bonds is 8. The number of esters is 1. The summed E-state index contributed by atoms with van der Waals surface area (Å²) in [6, 6.07) is 11.6. The monoisotopic (exact) mass is 387 g/mol. The molecule has 0 bridgehead atoms. The first-order chi connectivity index (χ1) is 13.5. The fourth-order valence-corrected chi connectivity index (χ4v) is 2.47. The van der Waals surface area contributed by atoms with Crippen LogP contribution in [0.5, 0.6) is 5.75 Å². The number of aromatic nitrogens is 1. The lowest BCUT2D eigenvalue weighted by atomic mass is 10.2. The topological polar surface area (TPSA) is 61.6 Å². The lowest BCUT2D eigenvalue weighted by Gasteiger charge is -2.14. The Balaban J connectivity index is 1.43. The number of aryl methyl sites for hydroxylation is 1. The van der Waals surface area contributed by atoms with Gasteiger partial charge in [-0.05, 0) is 43.3 Å². The molecule has 1 unspecified atom stereocenters. The summed E-state index contributed by atoms with van der Waals surface area (Å²) in [5.74, 6) is 0.114. The average Bonchev–Trinajstić information content (AvgIpc) is 3.14. The molecule has 0 aliphatic heterocycles. The van der Waals surface area contributed by atoms with E-state index in [4.69, 9.17) is 13.9 Å². The van der Waals surface area contributed by atoms with E-state index in [9.17, 15) is 13.6 Å². The van der Waals surface area contributed by atoms with E-state index in [0.717, 1.165) is 0 Å². The molecule has 0 fully saturated rings. The Kier molecular flexibility index (Phi) is 6.37. The van der Waals surface area contributed by atoms with Crippen LogP contribution >= 0.6 is 0 Å². The lowest BCUT2D eigenvalue weighted by Crippen LogP contribution is -2.22. The Hall–Kier alpha value is -3.22. The molecule has 0 radical (unpaired) electrons. The molecule has 1 atom stereocenters. The first-order valence-electron chi connectivity index (χ1n) is 8.78. The molecule has 3 aromatic rings. The Labute approximate surface area is 160 Å². The molecule has 0 N–H and O–H groups in total. The highest BCUT2D eigenvalue weighted by atomic mass is 19.1. The van der Waals surface area contributed by atoms with E-state index in [0.29, 0.717) is 23.0 Å². The van der Waals surface area contributed by atoms with Gasteiger partial charge in [-0.15, -0.1) is 0 Å². The molecular weight excluding hydrogens is 368 g/mol. The molecule has 0 aliphatic rings. The van der Waals surface area contributed by atoms with E-state index < -0.39 is 17.9 Å². The van der Waals surface area contributed by atoms with E-state index in [-0.39, 0.29) is 25.3 Å². The molecule has 0 aliphatic carbocycles. The Morgan fingerprint density at radius 1 is 1.14 bits per heavy atom. The van der Waals surface area contributed by atoms with Crippen LogP contribution in [-0.2, 0) is 16.0 Å². The van der Waals surface area contributed by atoms with Crippen molar-refractivity contribution in [1.29, 1.82) is 0 Å². The van der Waals surface area contributed by atoms with Crippen LogP contribution < -0.4 is 4.74 Å². The van der Waals surface area contributed by atoms with Crippen molar-refractivity contribution >= 4 is 5.97 Å². The summed E-state index contributed by atoms with van der Waals surface area (Å²) in [4.78, 5) is 16.1. The maximum Gasteiger partial charge on any atom is 0.306 e. The van der Waals surface area contributed by atoms with Gasteiger partial charge < -0.3 is 13.9 Å². The summed E-state index contributed by atoms with van der Waals surface area (Å²) in [5.41, 5.74) is 0.700. The summed E-state index contributed by atoms with van der Waals surface area (Å²) in [5, 5.41) is 0. The van der Waals surface area contributed by atoms with Crippen LogP contribution in [0.4, 0.5) is 8.78 Å². The number of halogens is 2. The van der Waals surface area contributed by atoms with Gasteiger partial charge in [-0.1, -0.05) is 6.07 Å². The maximum atomic E-state index is 13.1. The van der Waals surface area contributed by atoms with Crippen LogP contribution in [0.3, 0.4) is 0 Å². The van der Waals surface area contributed by atoms with Crippen molar-refractivity contribution < 1.29 is 27.5 Å². The molecule has 28 heavy (non-hydrogen) atoms. The minimum atomic E-state index is -0.491. The fourth-order valence-electron chi connectivity index (χ4n) is 2.47. The van der Waals surface area contributed by atoms with Gasteiger partial charge in [-0.25, -0.2) is 13.8 Å². The van der Waals surface area contributed by atoms with Crippen LogP contribution in [0, 0.1) is 11.6 Å². The minimum absolute atomic E-state index is 0.0909. The predicted molar refractivity (Wildman–Crippen MR) is 97.7 cm³/mol. The highest BCUT2D eigenvalue weighted by Crippen LogP contribution is 2.21. The third-order valence-corrected chi connectivity index (χ3v) is 3.84. The fraction of sp³-hybridized carbons (Fsp3) is 0.238. The second-order valence-corrected chi connectivity index (χ2v) is 6.19. The molecule has 3 rings (SSSR count). The van der Waals surface area contributed by atoms with Gasteiger partial charge in [0.2, 0.25) is 0 Å². The van der Waals surface area contributed by atoms with Crippen molar-refractivity contribution in [2.45, 2.75) is 25.9 Å². The van der Waals surface area contributed by atoms with Gasteiger partial charge in [-0.3, -0.25) is 4.79 Å². The number of carbonyl (C=O) groups is 1. The Bertz CT molecular complexity index is 924. The molecule has 0 saturated carbocycles. The molecule has 2 aromatic carbocycles. The van der Waals surface area contributed by atoms with Crippen molar-refractivity contribution in [3.8, 4) is 17.1 Å². The number of benzene rings is 2. The summed E-state index contributed by atoms with van der Waals surface area (Å²) in [6.45, 7) is 1.80. The predicted octanol–water partition coefficient (Wildman–Crippen LogP) is 4.56. The van der Waals surface area contributed by atoms with Crippen LogP contribution in [0.15, 0.2) is 59.1 Å². The van der Waals surface area contributed by atoms with E-state index in [2.05, 4.69) is 4.98 Å². The van der Waals surface area contributed by atoms with Crippen molar-refractivity contribution in [3.05, 3.63) is 72.3 Å². The number of ether oxygens (including phenoxy) is 2. The molecule has 0 spiro atoms. The van der Waals surface area contributed by atoms with Gasteiger partial charge in [0.1, 0.15) is 30.1 Å². The quantitative estimate of drug-likeness (QED) is 0.530. The standard InChI is InChI=1S/C21H19F2NO4/c1-14(13-26-18-4-2-3-17(23)11-18)27-21(25)10-9-20-24-12-19(28-20)15-5-7-16(22)8-6-15/h2-8,11-12,14H,9-10,13H2,1H3. The molecule has 0 saturated heterocycles. The molecule has 1 heterocycles. The largest absolute Gasteiger partial charge is 0.490 e. The van der Waals surface area contributed by atoms with Crippen molar-refractivity contribution in [1.82, 2.24) is 4.98 Å². The third kappa shape index (κ3) is 5.64.